The van der Waals surface area contributed by atoms with Crippen molar-refractivity contribution in [2.75, 3.05) is 18.0 Å². The van der Waals surface area contributed by atoms with Gasteiger partial charge in [-0.3, -0.25) is 9.59 Å². The van der Waals surface area contributed by atoms with Gasteiger partial charge in [-0.25, -0.2) is 0 Å². The number of anilines is 1. The van der Waals surface area contributed by atoms with Crippen LogP contribution in [0.4, 0.5) is 5.69 Å². The van der Waals surface area contributed by atoms with Gasteiger partial charge in [-0.1, -0.05) is 37.6 Å². The van der Waals surface area contributed by atoms with E-state index < -0.39 is 0 Å². The van der Waals surface area contributed by atoms with Crippen LogP contribution in [0.15, 0.2) is 24.3 Å². The lowest BCUT2D eigenvalue weighted by Gasteiger charge is -2.18. The minimum atomic E-state index is -0.289. The molecule has 0 aromatic heterocycles. The number of amides is 2. The average Bonchev–Trinajstić information content (AvgIpc) is 2.86. The summed E-state index contributed by atoms with van der Waals surface area (Å²) >= 11 is 6.13. The van der Waals surface area contributed by atoms with Crippen LogP contribution in [0.5, 0.6) is 0 Å². The van der Waals surface area contributed by atoms with E-state index in [0.717, 1.165) is 12.8 Å². The molecule has 1 N–H and O–H groups in total. The lowest BCUT2D eigenvalue weighted by atomic mass is 10.1. The minimum absolute atomic E-state index is 0.0355. The molecule has 1 fully saturated rings. The highest BCUT2D eigenvalue weighted by atomic mass is 35.5. The first-order chi connectivity index (χ1) is 10.5. The van der Waals surface area contributed by atoms with Crippen LogP contribution in [0, 0.1) is 11.8 Å². The van der Waals surface area contributed by atoms with E-state index in [4.69, 9.17) is 11.6 Å². The van der Waals surface area contributed by atoms with Crippen LogP contribution < -0.4 is 10.2 Å². The standard InChI is InChI=1S/C17H23ClN2O2/c1-12(2)6-5-9-19-17(22)13-10-16(21)20(11-13)15-8-4-3-7-14(15)18/h3-4,7-8,12-13H,5-6,9-11H2,1-2H3,(H,19,22). The second-order valence-electron chi connectivity index (χ2n) is 6.18. The fourth-order valence-electron chi connectivity index (χ4n) is 2.65. The fourth-order valence-corrected chi connectivity index (χ4v) is 2.89. The third kappa shape index (κ3) is 4.23. The summed E-state index contributed by atoms with van der Waals surface area (Å²) in [6.07, 6.45) is 2.31. The molecule has 1 unspecified atom stereocenters. The molecule has 1 aromatic carbocycles. The zero-order valence-electron chi connectivity index (χ0n) is 13.1. The molecule has 22 heavy (non-hydrogen) atoms. The Balaban J connectivity index is 1.89. The second kappa shape index (κ2) is 7.63. The highest BCUT2D eigenvalue weighted by Crippen LogP contribution is 2.30. The van der Waals surface area contributed by atoms with E-state index in [0.29, 0.717) is 29.7 Å². The molecule has 0 bridgehead atoms. The molecule has 1 heterocycles. The summed E-state index contributed by atoms with van der Waals surface area (Å²) in [5.74, 6) is 0.269. The van der Waals surface area contributed by atoms with Gasteiger partial charge in [-0.2, -0.15) is 0 Å². The maximum atomic E-state index is 12.2. The smallest absolute Gasteiger partial charge is 0.227 e. The molecule has 2 rings (SSSR count). The van der Waals surface area contributed by atoms with Crippen LogP contribution in [0.25, 0.3) is 0 Å². The van der Waals surface area contributed by atoms with Crippen molar-refractivity contribution in [3.63, 3.8) is 0 Å². The van der Waals surface area contributed by atoms with Gasteiger partial charge in [0, 0.05) is 19.5 Å². The molecule has 5 heteroatoms. The van der Waals surface area contributed by atoms with Crippen molar-refractivity contribution in [1.82, 2.24) is 5.32 Å². The summed E-state index contributed by atoms with van der Waals surface area (Å²) in [5, 5.41) is 3.47. The Morgan fingerprint density at radius 2 is 2.14 bits per heavy atom. The van der Waals surface area contributed by atoms with Crippen molar-refractivity contribution >= 4 is 29.1 Å². The van der Waals surface area contributed by atoms with Crippen LogP contribution in [-0.2, 0) is 9.59 Å². The topological polar surface area (TPSA) is 49.4 Å². The Labute approximate surface area is 136 Å². The minimum Gasteiger partial charge on any atom is -0.356 e. The largest absolute Gasteiger partial charge is 0.356 e. The summed E-state index contributed by atoms with van der Waals surface area (Å²) in [6, 6.07) is 7.23. The van der Waals surface area contributed by atoms with Gasteiger partial charge in [0.1, 0.15) is 0 Å². The van der Waals surface area contributed by atoms with E-state index in [-0.39, 0.29) is 24.2 Å². The Kier molecular flexibility index (Phi) is 5.83. The summed E-state index contributed by atoms with van der Waals surface area (Å²) in [4.78, 5) is 25.9. The lowest BCUT2D eigenvalue weighted by Crippen LogP contribution is -2.33. The third-order valence-electron chi connectivity index (χ3n) is 3.90. The maximum absolute atomic E-state index is 12.2. The third-order valence-corrected chi connectivity index (χ3v) is 4.22. The number of nitrogens with one attached hydrogen (secondary N) is 1. The maximum Gasteiger partial charge on any atom is 0.227 e. The summed E-state index contributed by atoms with van der Waals surface area (Å²) in [7, 11) is 0. The molecular formula is C17H23ClN2O2. The van der Waals surface area contributed by atoms with Gasteiger partial charge in [0.25, 0.3) is 0 Å². The molecule has 2 amide bonds. The van der Waals surface area contributed by atoms with Gasteiger partial charge in [-0.15, -0.1) is 0 Å². The van der Waals surface area contributed by atoms with Crippen LogP contribution >= 0.6 is 11.6 Å². The summed E-state index contributed by atoms with van der Waals surface area (Å²) in [6.45, 7) is 5.41. The molecule has 0 aliphatic carbocycles. The van der Waals surface area contributed by atoms with E-state index in [2.05, 4.69) is 19.2 Å². The fraction of sp³-hybridized carbons (Fsp3) is 0.529. The molecule has 0 spiro atoms. The quantitative estimate of drug-likeness (QED) is 0.817. The van der Waals surface area contributed by atoms with Crippen molar-refractivity contribution in [2.45, 2.75) is 33.1 Å². The normalized spacial score (nSPS) is 18.1. The number of hydrogen-bond donors (Lipinski definition) is 1. The molecule has 1 saturated heterocycles. The highest BCUT2D eigenvalue weighted by Gasteiger charge is 2.35. The van der Waals surface area contributed by atoms with Gasteiger partial charge in [0.15, 0.2) is 0 Å². The first-order valence-corrected chi connectivity index (χ1v) is 8.19. The number of hydrogen-bond acceptors (Lipinski definition) is 2. The number of para-hydroxylation sites is 1. The first-order valence-electron chi connectivity index (χ1n) is 7.81. The molecule has 0 radical (unpaired) electrons. The lowest BCUT2D eigenvalue weighted by molar-refractivity contribution is -0.126. The molecule has 4 nitrogen and oxygen atoms in total. The molecule has 1 aliphatic heterocycles. The van der Waals surface area contributed by atoms with E-state index in [1.54, 1.807) is 11.0 Å². The predicted octanol–water partition coefficient (Wildman–Crippen LogP) is 3.25. The number of benzene rings is 1. The number of carbonyl (C=O) groups is 2. The average molecular weight is 323 g/mol. The molecule has 0 saturated carbocycles. The number of nitrogens with zero attached hydrogens (tertiary/aromatic N) is 1. The van der Waals surface area contributed by atoms with Gasteiger partial charge < -0.3 is 10.2 Å². The zero-order chi connectivity index (χ0) is 16.1. The van der Waals surface area contributed by atoms with Gasteiger partial charge in [0.05, 0.1) is 16.6 Å². The van der Waals surface area contributed by atoms with Gasteiger partial charge in [-0.05, 0) is 30.9 Å². The molecule has 1 aliphatic rings. The van der Waals surface area contributed by atoms with Crippen molar-refractivity contribution in [3.8, 4) is 0 Å². The molecular weight excluding hydrogens is 300 g/mol. The molecule has 1 aromatic rings. The monoisotopic (exact) mass is 322 g/mol. The number of carbonyl (C=O) groups excluding carboxylic acids is 2. The number of halogens is 1. The van der Waals surface area contributed by atoms with Crippen molar-refractivity contribution in [2.24, 2.45) is 11.8 Å². The highest BCUT2D eigenvalue weighted by molar-refractivity contribution is 6.33. The van der Waals surface area contributed by atoms with Crippen molar-refractivity contribution in [1.29, 1.82) is 0 Å². The predicted molar refractivity (Wildman–Crippen MR) is 89.0 cm³/mol. The number of rotatable bonds is 6. The van der Waals surface area contributed by atoms with Gasteiger partial charge >= 0.3 is 0 Å². The van der Waals surface area contributed by atoms with E-state index >= 15 is 0 Å². The van der Waals surface area contributed by atoms with E-state index in [1.165, 1.54) is 0 Å². The Morgan fingerprint density at radius 3 is 2.82 bits per heavy atom. The zero-order valence-corrected chi connectivity index (χ0v) is 13.9. The first kappa shape index (κ1) is 16.8. The van der Waals surface area contributed by atoms with Crippen molar-refractivity contribution in [3.05, 3.63) is 29.3 Å². The van der Waals surface area contributed by atoms with Crippen molar-refractivity contribution < 1.29 is 9.59 Å². The molecule has 1 atom stereocenters. The van der Waals surface area contributed by atoms with Crippen LogP contribution in [-0.4, -0.2) is 24.9 Å². The Morgan fingerprint density at radius 1 is 1.41 bits per heavy atom. The molecule has 120 valence electrons. The van der Waals surface area contributed by atoms with Gasteiger partial charge in [0.2, 0.25) is 11.8 Å². The Bertz CT molecular complexity index is 545. The van der Waals surface area contributed by atoms with Crippen LogP contribution in [0.2, 0.25) is 5.02 Å². The Hall–Kier alpha value is -1.55. The van der Waals surface area contributed by atoms with Crippen LogP contribution in [0.1, 0.15) is 33.1 Å². The van der Waals surface area contributed by atoms with E-state index in [1.807, 2.05) is 18.2 Å². The van der Waals surface area contributed by atoms with Crippen LogP contribution in [0.3, 0.4) is 0 Å². The summed E-state index contributed by atoms with van der Waals surface area (Å²) < 4.78 is 0. The van der Waals surface area contributed by atoms with E-state index in [9.17, 15) is 9.59 Å². The summed E-state index contributed by atoms with van der Waals surface area (Å²) in [5.41, 5.74) is 0.685. The SMILES string of the molecule is CC(C)CCCNC(=O)C1CC(=O)N(c2ccccc2Cl)C1. The second-order valence-corrected chi connectivity index (χ2v) is 6.59.